The number of para-hydroxylation sites is 1. The van der Waals surface area contributed by atoms with Crippen molar-refractivity contribution >= 4 is 5.69 Å². The Morgan fingerprint density at radius 3 is 2.81 bits per heavy atom. The molecular weight excluding hydrogens is 208 g/mol. The first kappa shape index (κ1) is 12.0. The molecule has 5 heteroatoms. The van der Waals surface area contributed by atoms with E-state index in [0.717, 1.165) is 0 Å². The maximum atomic E-state index is 10.8. The van der Waals surface area contributed by atoms with Gasteiger partial charge in [-0.2, -0.15) is 5.26 Å². The predicted molar refractivity (Wildman–Crippen MR) is 58.2 cm³/mol. The fourth-order valence-corrected chi connectivity index (χ4v) is 1.32. The summed E-state index contributed by atoms with van der Waals surface area (Å²) in [5.74, 6) is 0.151. The van der Waals surface area contributed by atoms with Crippen molar-refractivity contribution < 1.29 is 9.66 Å². The number of nitriles is 1. The molecule has 0 N–H and O–H groups in total. The van der Waals surface area contributed by atoms with Crippen molar-refractivity contribution in [2.45, 2.75) is 26.4 Å². The Kier molecular flexibility index (Phi) is 3.84. The lowest BCUT2D eigenvalue weighted by Crippen LogP contribution is -2.13. The average molecular weight is 220 g/mol. The number of hydrogen-bond donors (Lipinski definition) is 0. The van der Waals surface area contributed by atoms with Gasteiger partial charge in [0, 0.05) is 5.56 Å². The fraction of sp³-hybridized carbons (Fsp3) is 0.364. The molecule has 0 aliphatic carbocycles. The summed E-state index contributed by atoms with van der Waals surface area (Å²) >= 11 is 0. The van der Waals surface area contributed by atoms with E-state index in [2.05, 4.69) is 0 Å². The van der Waals surface area contributed by atoms with E-state index in [0.29, 0.717) is 12.0 Å². The molecule has 0 fully saturated rings. The van der Waals surface area contributed by atoms with Crippen molar-refractivity contribution in [1.29, 1.82) is 5.26 Å². The van der Waals surface area contributed by atoms with Crippen LogP contribution in [0, 0.1) is 28.4 Å². The molecule has 1 aromatic carbocycles. The molecule has 0 bridgehead atoms. The molecule has 84 valence electrons. The number of aryl methyl sites for hydroxylation is 1. The van der Waals surface area contributed by atoms with Crippen LogP contribution in [-0.2, 0) is 0 Å². The first-order valence-corrected chi connectivity index (χ1v) is 4.90. The van der Waals surface area contributed by atoms with E-state index in [1.54, 1.807) is 26.0 Å². The molecule has 0 amide bonds. The summed E-state index contributed by atoms with van der Waals surface area (Å²) < 4.78 is 5.28. The molecule has 1 unspecified atom stereocenters. The molecule has 5 nitrogen and oxygen atoms in total. The van der Waals surface area contributed by atoms with Crippen molar-refractivity contribution in [2.75, 3.05) is 0 Å². The van der Waals surface area contributed by atoms with Gasteiger partial charge < -0.3 is 4.74 Å². The number of nitro groups is 1. The van der Waals surface area contributed by atoms with Gasteiger partial charge in [0.05, 0.1) is 4.92 Å². The third-order valence-electron chi connectivity index (χ3n) is 2.17. The quantitative estimate of drug-likeness (QED) is 0.577. The van der Waals surface area contributed by atoms with Crippen molar-refractivity contribution in [3.05, 3.63) is 33.9 Å². The smallest absolute Gasteiger partial charge is 0.313 e. The van der Waals surface area contributed by atoms with Gasteiger partial charge in [0.15, 0.2) is 11.9 Å². The number of ether oxygens (including phenoxy) is 1. The van der Waals surface area contributed by atoms with E-state index in [9.17, 15) is 10.1 Å². The number of nitrogens with zero attached hydrogens (tertiary/aromatic N) is 2. The van der Waals surface area contributed by atoms with Gasteiger partial charge in [-0.15, -0.1) is 0 Å². The van der Waals surface area contributed by atoms with Crippen LogP contribution in [0.4, 0.5) is 5.69 Å². The highest BCUT2D eigenvalue weighted by atomic mass is 16.6. The normalized spacial score (nSPS) is 11.6. The predicted octanol–water partition coefficient (Wildman–Crippen LogP) is 2.58. The van der Waals surface area contributed by atoms with Gasteiger partial charge in [-0.1, -0.05) is 19.1 Å². The van der Waals surface area contributed by atoms with E-state index < -0.39 is 11.0 Å². The third kappa shape index (κ3) is 2.48. The van der Waals surface area contributed by atoms with E-state index in [1.807, 2.05) is 6.07 Å². The molecule has 0 spiro atoms. The van der Waals surface area contributed by atoms with Crippen LogP contribution >= 0.6 is 0 Å². The second kappa shape index (κ2) is 5.12. The second-order valence-electron chi connectivity index (χ2n) is 3.32. The zero-order valence-electron chi connectivity index (χ0n) is 9.14. The fourth-order valence-electron chi connectivity index (χ4n) is 1.32. The third-order valence-corrected chi connectivity index (χ3v) is 2.17. The molecule has 0 saturated carbocycles. The highest BCUT2D eigenvalue weighted by molar-refractivity contribution is 5.52. The maximum absolute atomic E-state index is 10.8. The minimum atomic E-state index is -0.652. The highest BCUT2D eigenvalue weighted by Crippen LogP contribution is 2.31. The molecule has 1 rings (SSSR count). The molecule has 1 aromatic rings. The highest BCUT2D eigenvalue weighted by Gasteiger charge is 2.20. The number of rotatable bonds is 4. The van der Waals surface area contributed by atoms with Crippen LogP contribution in [0.15, 0.2) is 18.2 Å². The zero-order valence-corrected chi connectivity index (χ0v) is 9.14. The Morgan fingerprint density at radius 2 is 2.31 bits per heavy atom. The van der Waals surface area contributed by atoms with Crippen LogP contribution in [0.2, 0.25) is 0 Å². The minimum absolute atomic E-state index is 0.0730. The maximum Gasteiger partial charge on any atom is 0.313 e. The van der Waals surface area contributed by atoms with Crippen molar-refractivity contribution in [1.82, 2.24) is 0 Å². The van der Waals surface area contributed by atoms with Gasteiger partial charge in [-0.3, -0.25) is 10.1 Å². The van der Waals surface area contributed by atoms with Crippen LogP contribution < -0.4 is 4.74 Å². The number of hydrogen-bond acceptors (Lipinski definition) is 4. The van der Waals surface area contributed by atoms with Crippen LogP contribution in [-0.4, -0.2) is 11.0 Å². The van der Waals surface area contributed by atoms with Crippen LogP contribution in [0.5, 0.6) is 5.75 Å². The average Bonchev–Trinajstić information content (AvgIpc) is 2.25. The molecule has 1 atom stereocenters. The Labute approximate surface area is 93.4 Å². The van der Waals surface area contributed by atoms with E-state index in [-0.39, 0.29) is 11.4 Å². The van der Waals surface area contributed by atoms with E-state index in [4.69, 9.17) is 10.00 Å². The van der Waals surface area contributed by atoms with Crippen LogP contribution in [0.3, 0.4) is 0 Å². The van der Waals surface area contributed by atoms with Crippen molar-refractivity contribution in [3.63, 3.8) is 0 Å². The van der Waals surface area contributed by atoms with Gasteiger partial charge in [0.25, 0.3) is 0 Å². The molecule has 0 aromatic heterocycles. The van der Waals surface area contributed by atoms with Crippen molar-refractivity contribution in [2.24, 2.45) is 0 Å². The molecule has 0 saturated heterocycles. The Bertz CT molecular complexity index is 437. The summed E-state index contributed by atoms with van der Waals surface area (Å²) in [6.07, 6.45) is -0.165. The molecular formula is C11H12N2O3. The lowest BCUT2D eigenvalue weighted by molar-refractivity contribution is -0.386. The first-order valence-electron chi connectivity index (χ1n) is 4.90. The van der Waals surface area contributed by atoms with E-state index >= 15 is 0 Å². The summed E-state index contributed by atoms with van der Waals surface area (Å²) in [5.41, 5.74) is 0.450. The summed E-state index contributed by atoms with van der Waals surface area (Å²) in [6.45, 7) is 3.42. The second-order valence-corrected chi connectivity index (χ2v) is 3.32. The summed E-state index contributed by atoms with van der Waals surface area (Å²) in [4.78, 5) is 10.4. The Morgan fingerprint density at radius 1 is 1.62 bits per heavy atom. The summed E-state index contributed by atoms with van der Waals surface area (Å²) in [7, 11) is 0. The molecule has 0 aliphatic heterocycles. The monoisotopic (exact) mass is 220 g/mol. The van der Waals surface area contributed by atoms with E-state index in [1.165, 1.54) is 6.07 Å². The summed E-state index contributed by atoms with van der Waals surface area (Å²) in [5, 5.41) is 19.6. The van der Waals surface area contributed by atoms with Gasteiger partial charge in [-0.25, -0.2) is 0 Å². The zero-order chi connectivity index (χ0) is 12.1. The number of nitro benzene ring substituents is 1. The minimum Gasteiger partial charge on any atom is -0.468 e. The standard InChI is InChI=1S/C11H12N2O3/c1-3-9(7-12)16-10-6-4-5-8(2)11(10)13(14)15/h4-6,9H,3H2,1-2H3. The largest absolute Gasteiger partial charge is 0.468 e. The van der Waals surface area contributed by atoms with Gasteiger partial charge in [0.1, 0.15) is 6.07 Å². The van der Waals surface area contributed by atoms with Gasteiger partial charge in [-0.05, 0) is 19.4 Å². The lowest BCUT2D eigenvalue weighted by Gasteiger charge is -2.11. The molecule has 0 heterocycles. The molecule has 0 radical (unpaired) electrons. The molecule has 16 heavy (non-hydrogen) atoms. The molecule has 0 aliphatic rings. The van der Waals surface area contributed by atoms with Gasteiger partial charge in [0.2, 0.25) is 0 Å². The number of benzene rings is 1. The van der Waals surface area contributed by atoms with Gasteiger partial charge >= 0.3 is 5.69 Å². The Hall–Kier alpha value is -2.09. The van der Waals surface area contributed by atoms with Crippen LogP contribution in [0.1, 0.15) is 18.9 Å². The summed E-state index contributed by atoms with van der Waals surface area (Å²) in [6, 6.07) is 6.75. The topological polar surface area (TPSA) is 76.2 Å². The first-order chi connectivity index (χ1) is 7.60. The van der Waals surface area contributed by atoms with Crippen molar-refractivity contribution in [3.8, 4) is 11.8 Å². The lowest BCUT2D eigenvalue weighted by atomic mass is 10.2. The SMILES string of the molecule is CCC(C#N)Oc1cccc(C)c1[N+](=O)[O-]. The Balaban J connectivity index is 3.09. The van der Waals surface area contributed by atoms with Crippen LogP contribution in [0.25, 0.3) is 0 Å².